The van der Waals surface area contributed by atoms with E-state index >= 15 is 0 Å². The van der Waals surface area contributed by atoms with Crippen molar-refractivity contribution in [2.45, 2.75) is 36.6 Å². The fraction of sp³-hybridized carbons (Fsp3) is 0.350. The molecule has 1 unspecified atom stereocenters. The van der Waals surface area contributed by atoms with E-state index in [0.29, 0.717) is 21.5 Å². The first-order valence-corrected chi connectivity index (χ1v) is 13.1. The van der Waals surface area contributed by atoms with Crippen LogP contribution in [-0.2, 0) is 22.3 Å². The van der Waals surface area contributed by atoms with Gasteiger partial charge in [0.15, 0.2) is 0 Å². The molecule has 0 aromatic heterocycles. The van der Waals surface area contributed by atoms with Crippen LogP contribution in [0.1, 0.15) is 30.0 Å². The van der Waals surface area contributed by atoms with Crippen LogP contribution in [-0.4, -0.2) is 27.4 Å². The van der Waals surface area contributed by atoms with Crippen molar-refractivity contribution in [3.63, 3.8) is 0 Å². The summed E-state index contributed by atoms with van der Waals surface area (Å²) in [5, 5.41) is 2.51. The first-order chi connectivity index (χ1) is 13.9. The van der Waals surface area contributed by atoms with Crippen LogP contribution in [0.25, 0.3) is 0 Å². The number of amides is 1. The van der Waals surface area contributed by atoms with Gasteiger partial charge in [0.2, 0.25) is 0 Å². The minimum atomic E-state index is -4.69. The number of alkyl halides is 6. The number of anilines is 1. The van der Waals surface area contributed by atoms with Crippen LogP contribution in [0.4, 0.5) is 36.8 Å². The van der Waals surface area contributed by atoms with Gasteiger partial charge in [0.1, 0.15) is 0 Å². The Morgan fingerprint density at radius 3 is 2.17 bits per heavy atom. The summed E-state index contributed by atoms with van der Waals surface area (Å²) in [4.78, 5) is 11.6. The van der Waals surface area contributed by atoms with E-state index in [1.54, 1.807) is 6.92 Å². The summed E-state index contributed by atoms with van der Waals surface area (Å²) in [5.41, 5.74) is 0.296. The number of carbonyl (C=O) groups excluding carboxylic acids is 1. The molecule has 3 nitrogen and oxygen atoms in total. The Hall–Kier alpha value is -2.15. The Labute approximate surface area is 174 Å². The normalized spacial score (nSPS) is 13.1. The van der Waals surface area contributed by atoms with Crippen molar-refractivity contribution in [2.24, 2.45) is 0 Å². The second-order valence-electron chi connectivity index (χ2n) is 6.54. The van der Waals surface area contributed by atoms with Crippen molar-refractivity contribution >= 4 is 30.8 Å². The van der Waals surface area contributed by atoms with Gasteiger partial charge in [-0.25, -0.2) is 0 Å². The van der Waals surface area contributed by atoms with Gasteiger partial charge in [0, 0.05) is 0 Å². The van der Waals surface area contributed by atoms with Crippen molar-refractivity contribution in [1.29, 1.82) is 0 Å². The maximum absolute atomic E-state index is 13.5. The van der Waals surface area contributed by atoms with E-state index in [0.717, 1.165) is 18.2 Å². The van der Waals surface area contributed by atoms with Crippen molar-refractivity contribution in [3.05, 3.63) is 59.2 Å². The zero-order valence-electron chi connectivity index (χ0n) is 16.2. The Morgan fingerprint density at radius 2 is 1.63 bits per heavy atom. The van der Waals surface area contributed by atoms with Gasteiger partial charge in [-0.05, 0) is 0 Å². The second-order valence-corrected chi connectivity index (χ2v) is 11.2. The molecule has 164 valence electrons. The van der Waals surface area contributed by atoms with E-state index < -0.39 is 49.9 Å². The van der Waals surface area contributed by atoms with Crippen molar-refractivity contribution in [2.75, 3.05) is 11.9 Å². The molecule has 0 heterocycles. The molecule has 0 saturated heterocycles. The van der Waals surface area contributed by atoms with Gasteiger partial charge < -0.3 is 0 Å². The first-order valence-electron chi connectivity index (χ1n) is 8.94. The zero-order valence-corrected chi connectivity index (χ0v) is 18.1. The molecule has 10 heteroatoms. The second kappa shape index (κ2) is 9.77. The molecular weight excluding hydrogens is 475 g/mol. The quantitative estimate of drug-likeness (QED) is 0.407. The van der Waals surface area contributed by atoms with Crippen LogP contribution < -0.4 is 9.67 Å². The number of rotatable bonds is 6. The molecular formula is C20H20AsF6NO2. The first kappa shape index (κ1) is 24.1. The fourth-order valence-corrected chi connectivity index (χ4v) is 6.02. The molecule has 2 aromatic rings. The summed E-state index contributed by atoms with van der Waals surface area (Å²) in [6, 6.07) is 8.32. The number of halogens is 6. The van der Waals surface area contributed by atoms with E-state index in [4.69, 9.17) is 4.74 Å². The molecule has 0 spiro atoms. The molecule has 0 aliphatic rings. The molecule has 1 amide bonds. The minimum absolute atomic E-state index is 0.0860. The summed E-state index contributed by atoms with van der Waals surface area (Å²) in [5.74, 6) is 0. The molecule has 0 aliphatic heterocycles. The SMILES string of the molecule is CCCOC(=O)Nc1ccc([As](C)Cc2ccc(C(F)(F)F)cc2)cc1C(F)(F)F. The Morgan fingerprint density at radius 1 is 1.00 bits per heavy atom. The van der Waals surface area contributed by atoms with E-state index in [1.807, 2.05) is 5.71 Å². The number of carbonyl (C=O) groups is 1. The maximum atomic E-state index is 13.5. The fourth-order valence-electron chi connectivity index (χ4n) is 2.62. The van der Waals surface area contributed by atoms with Crippen molar-refractivity contribution in [3.8, 4) is 0 Å². The van der Waals surface area contributed by atoms with E-state index in [-0.39, 0.29) is 6.61 Å². The van der Waals surface area contributed by atoms with Crippen molar-refractivity contribution < 1.29 is 35.9 Å². The molecule has 1 atom stereocenters. The molecule has 30 heavy (non-hydrogen) atoms. The van der Waals surface area contributed by atoms with Crippen molar-refractivity contribution in [1.82, 2.24) is 0 Å². The number of hydrogen-bond donors (Lipinski definition) is 1. The van der Waals surface area contributed by atoms with E-state index in [1.165, 1.54) is 24.3 Å². The molecule has 2 rings (SSSR count). The van der Waals surface area contributed by atoms with Gasteiger partial charge in [-0.2, -0.15) is 0 Å². The monoisotopic (exact) mass is 495 g/mol. The average Bonchev–Trinajstić information content (AvgIpc) is 2.65. The van der Waals surface area contributed by atoms with Gasteiger partial charge in [-0.3, -0.25) is 0 Å². The summed E-state index contributed by atoms with van der Waals surface area (Å²) in [7, 11) is 0. The van der Waals surface area contributed by atoms with Crippen LogP contribution in [0.15, 0.2) is 42.5 Å². The standard InChI is InChI=1S/C20H20AsF6NO2/c1-3-10-30-18(29)28-17-9-8-15(11-16(17)20(25,26)27)21(2)12-13-4-6-14(7-5-13)19(22,23)24/h4-9,11H,3,10,12H2,1-2H3,(H,28,29). The van der Waals surface area contributed by atoms with Crippen LogP contribution in [0.2, 0.25) is 5.71 Å². The Balaban J connectivity index is 2.21. The zero-order chi connectivity index (χ0) is 22.5. The third-order valence-electron chi connectivity index (χ3n) is 4.12. The number of benzene rings is 2. The molecule has 0 fully saturated rings. The van der Waals surface area contributed by atoms with Crippen LogP contribution >= 0.6 is 0 Å². The molecule has 0 saturated carbocycles. The van der Waals surface area contributed by atoms with Gasteiger partial charge in [-0.1, -0.05) is 0 Å². The van der Waals surface area contributed by atoms with Gasteiger partial charge in [0.25, 0.3) is 0 Å². The third kappa shape index (κ3) is 6.69. The molecule has 1 N–H and O–H groups in total. The Bertz CT molecular complexity index is 865. The molecule has 2 aromatic carbocycles. The van der Waals surface area contributed by atoms with E-state index in [9.17, 15) is 31.1 Å². The average molecular weight is 495 g/mol. The number of nitrogens with one attached hydrogen (secondary N) is 1. The van der Waals surface area contributed by atoms with Crippen LogP contribution in [0.5, 0.6) is 0 Å². The topological polar surface area (TPSA) is 38.3 Å². The van der Waals surface area contributed by atoms with Crippen LogP contribution in [0, 0.1) is 0 Å². The molecule has 0 aliphatic carbocycles. The number of hydrogen-bond acceptors (Lipinski definition) is 2. The van der Waals surface area contributed by atoms with E-state index in [2.05, 4.69) is 5.32 Å². The summed E-state index contributed by atoms with van der Waals surface area (Å²) >= 11 is -2.02. The number of ether oxygens (including phenoxy) is 1. The summed E-state index contributed by atoms with van der Waals surface area (Å²) in [6.45, 7) is 1.84. The van der Waals surface area contributed by atoms with Gasteiger partial charge in [-0.15, -0.1) is 0 Å². The van der Waals surface area contributed by atoms with Gasteiger partial charge >= 0.3 is 174 Å². The predicted molar refractivity (Wildman–Crippen MR) is 103 cm³/mol. The van der Waals surface area contributed by atoms with Crippen LogP contribution in [0.3, 0.4) is 0 Å². The molecule has 0 radical (unpaired) electrons. The predicted octanol–water partition coefficient (Wildman–Crippen LogP) is 5.80. The summed E-state index contributed by atoms with van der Waals surface area (Å²) in [6.07, 6.45) is -9.56. The Kier molecular flexibility index (Phi) is 7.86. The van der Waals surface area contributed by atoms with Gasteiger partial charge in [0.05, 0.1) is 0 Å². The molecule has 0 bridgehead atoms. The summed E-state index contributed by atoms with van der Waals surface area (Å²) < 4.78 is 83.7. The third-order valence-corrected chi connectivity index (χ3v) is 8.32.